The van der Waals surface area contributed by atoms with Gasteiger partial charge in [-0.3, -0.25) is 4.98 Å². The molecule has 0 spiro atoms. The minimum atomic E-state index is 0.433. The Labute approximate surface area is 131 Å². The van der Waals surface area contributed by atoms with Crippen molar-refractivity contribution in [3.05, 3.63) is 24.5 Å². The first-order chi connectivity index (χ1) is 10.1. The fraction of sp³-hybridized carbons (Fsp3) is 0.500. The topological polar surface area (TPSA) is 55.0 Å². The molecule has 2 rings (SSSR count). The smallest absolute Gasteiger partial charge is 0.147 e. The van der Waals surface area contributed by atoms with Gasteiger partial charge in [0.1, 0.15) is 10.8 Å². The fourth-order valence-corrected chi connectivity index (χ4v) is 3.40. The molecule has 0 aliphatic heterocycles. The van der Waals surface area contributed by atoms with E-state index >= 15 is 0 Å². The van der Waals surface area contributed by atoms with Gasteiger partial charge in [0, 0.05) is 25.0 Å². The van der Waals surface area contributed by atoms with Gasteiger partial charge in [0.2, 0.25) is 0 Å². The number of nitrogens with two attached hydrogens (primary N) is 1. The summed E-state index contributed by atoms with van der Waals surface area (Å²) in [7, 11) is 0. The Morgan fingerprint density at radius 3 is 2.57 bits per heavy atom. The summed E-state index contributed by atoms with van der Waals surface area (Å²) in [6.07, 6.45) is 7.28. The zero-order valence-electron chi connectivity index (χ0n) is 13.0. The standard InChI is InChI=1S/C16H24N4S/c1-4-5-6-11-20(12(2)3)16-14(15(17)19-21-16)13-7-9-18-10-8-13/h7-10,12H,4-6,11H2,1-3H3,(H2,17,19). The second-order valence-corrected chi connectivity index (χ2v) is 6.23. The lowest BCUT2D eigenvalue weighted by Gasteiger charge is -2.28. The molecule has 0 atom stereocenters. The van der Waals surface area contributed by atoms with Crippen LogP contribution in [0.3, 0.4) is 0 Å². The van der Waals surface area contributed by atoms with Crippen molar-refractivity contribution in [2.24, 2.45) is 0 Å². The van der Waals surface area contributed by atoms with E-state index in [4.69, 9.17) is 5.73 Å². The lowest BCUT2D eigenvalue weighted by molar-refractivity contribution is 0.630. The molecule has 0 saturated heterocycles. The Balaban J connectivity index is 2.33. The molecule has 2 aromatic rings. The molecule has 0 saturated carbocycles. The van der Waals surface area contributed by atoms with Crippen molar-refractivity contribution in [3.63, 3.8) is 0 Å². The van der Waals surface area contributed by atoms with Gasteiger partial charge < -0.3 is 10.6 Å². The zero-order chi connectivity index (χ0) is 15.2. The molecule has 0 aliphatic carbocycles. The Morgan fingerprint density at radius 1 is 1.24 bits per heavy atom. The molecule has 2 aromatic heterocycles. The molecule has 0 unspecified atom stereocenters. The average Bonchev–Trinajstić information content (AvgIpc) is 2.85. The van der Waals surface area contributed by atoms with Crippen molar-refractivity contribution in [3.8, 4) is 11.1 Å². The molecule has 0 amide bonds. The van der Waals surface area contributed by atoms with Crippen LogP contribution in [0.1, 0.15) is 40.0 Å². The molecule has 0 aliphatic rings. The number of anilines is 2. The predicted octanol–water partition coefficient (Wildman–Crippen LogP) is 4.19. The molecule has 2 heterocycles. The average molecular weight is 304 g/mol. The van der Waals surface area contributed by atoms with Gasteiger partial charge in [-0.25, -0.2) is 0 Å². The van der Waals surface area contributed by atoms with E-state index in [9.17, 15) is 0 Å². The molecule has 0 bridgehead atoms. The van der Waals surface area contributed by atoms with Crippen LogP contribution in [0.15, 0.2) is 24.5 Å². The summed E-state index contributed by atoms with van der Waals surface area (Å²) in [5, 5.41) is 1.17. The molecule has 114 valence electrons. The largest absolute Gasteiger partial charge is 0.382 e. The summed E-state index contributed by atoms with van der Waals surface area (Å²) >= 11 is 1.50. The Kier molecular flexibility index (Phi) is 5.56. The minimum Gasteiger partial charge on any atom is -0.382 e. The third-order valence-corrected chi connectivity index (χ3v) is 4.46. The summed E-state index contributed by atoms with van der Waals surface area (Å²) in [4.78, 5) is 6.50. The van der Waals surface area contributed by atoms with Crippen LogP contribution in [0.25, 0.3) is 11.1 Å². The fourth-order valence-electron chi connectivity index (χ4n) is 2.41. The molecule has 21 heavy (non-hydrogen) atoms. The van der Waals surface area contributed by atoms with Gasteiger partial charge in [0.05, 0.1) is 5.56 Å². The second-order valence-electron chi connectivity index (χ2n) is 5.48. The van der Waals surface area contributed by atoms with Crippen LogP contribution in [0, 0.1) is 0 Å². The Bertz CT molecular complexity index is 551. The van der Waals surface area contributed by atoms with Gasteiger partial charge >= 0.3 is 0 Å². The van der Waals surface area contributed by atoms with E-state index in [0.717, 1.165) is 17.7 Å². The van der Waals surface area contributed by atoms with Gasteiger partial charge in [0.15, 0.2) is 0 Å². The molecule has 0 aromatic carbocycles. The highest BCUT2D eigenvalue weighted by Crippen LogP contribution is 2.39. The van der Waals surface area contributed by atoms with Crippen molar-refractivity contribution in [2.45, 2.75) is 46.1 Å². The predicted molar refractivity (Wildman–Crippen MR) is 91.8 cm³/mol. The summed E-state index contributed by atoms with van der Waals surface area (Å²) in [6.45, 7) is 7.72. The van der Waals surface area contributed by atoms with Crippen LogP contribution in [-0.4, -0.2) is 21.9 Å². The van der Waals surface area contributed by atoms with Gasteiger partial charge in [-0.05, 0) is 49.5 Å². The van der Waals surface area contributed by atoms with E-state index in [0.29, 0.717) is 11.9 Å². The highest BCUT2D eigenvalue weighted by atomic mass is 32.1. The van der Waals surface area contributed by atoms with E-state index in [1.54, 1.807) is 12.4 Å². The number of rotatable bonds is 7. The molecule has 0 fully saturated rings. The lowest BCUT2D eigenvalue weighted by atomic mass is 10.1. The molecule has 4 nitrogen and oxygen atoms in total. The summed E-state index contributed by atoms with van der Waals surface area (Å²) in [5.41, 5.74) is 8.26. The zero-order valence-corrected chi connectivity index (χ0v) is 13.9. The van der Waals surface area contributed by atoms with Gasteiger partial charge in [-0.2, -0.15) is 4.37 Å². The van der Waals surface area contributed by atoms with E-state index in [1.807, 2.05) is 12.1 Å². The van der Waals surface area contributed by atoms with E-state index in [-0.39, 0.29) is 0 Å². The van der Waals surface area contributed by atoms with Crippen molar-refractivity contribution in [1.29, 1.82) is 0 Å². The number of nitrogens with zero attached hydrogens (tertiary/aromatic N) is 3. The number of nitrogen functional groups attached to an aromatic ring is 1. The maximum Gasteiger partial charge on any atom is 0.147 e. The van der Waals surface area contributed by atoms with Crippen LogP contribution < -0.4 is 10.6 Å². The maximum atomic E-state index is 6.12. The Hall–Kier alpha value is -1.62. The molecule has 0 radical (unpaired) electrons. The van der Waals surface area contributed by atoms with Gasteiger partial charge in [-0.1, -0.05) is 19.8 Å². The van der Waals surface area contributed by atoms with Crippen molar-refractivity contribution in [2.75, 3.05) is 17.2 Å². The highest BCUT2D eigenvalue weighted by Gasteiger charge is 2.20. The summed E-state index contributed by atoms with van der Waals surface area (Å²) < 4.78 is 4.38. The van der Waals surface area contributed by atoms with Crippen LogP contribution in [0.4, 0.5) is 10.8 Å². The first-order valence-electron chi connectivity index (χ1n) is 7.57. The molecular weight excluding hydrogens is 280 g/mol. The number of hydrogen-bond donors (Lipinski definition) is 1. The third kappa shape index (κ3) is 3.73. The SMILES string of the molecule is CCCCCN(c1snc(N)c1-c1ccncc1)C(C)C. The van der Waals surface area contributed by atoms with Crippen molar-refractivity contribution >= 4 is 22.4 Å². The highest BCUT2D eigenvalue weighted by molar-refractivity contribution is 7.11. The number of hydrogen-bond acceptors (Lipinski definition) is 5. The number of pyridine rings is 1. The lowest BCUT2D eigenvalue weighted by Crippen LogP contribution is -2.31. The monoisotopic (exact) mass is 304 g/mol. The van der Waals surface area contributed by atoms with Crippen molar-refractivity contribution < 1.29 is 0 Å². The number of unbranched alkanes of at least 4 members (excludes halogenated alkanes) is 2. The molecular formula is C16H24N4S. The van der Waals surface area contributed by atoms with Crippen molar-refractivity contribution in [1.82, 2.24) is 9.36 Å². The summed E-state index contributed by atoms with van der Waals surface area (Å²) in [5.74, 6) is 0.613. The van der Waals surface area contributed by atoms with Gasteiger partial charge in [-0.15, -0.1) is 0 Å². The molecule has 2 N–H and O–H groups in total. The Morgan fingerprint density at radius 2 is 1.95 bits per heavy atom. The first kappa shape index (κ1) is 15.8. The normalized spacial score (nSPS) is 11.0. The third-order valence-electron chi connectivity index (χ3n) is 3.56. The van der Waals surface area contributed by atoms with E-state index in [1.165, 1.54) is 35.8 Å². The van der Waals surface area contributed by atoms with E-state index < -0.39 is 0 Å². The van der Waals surface area contributed by atoms with Crippen LogP contribution in [0.2, 0.25) is 0 Å². The van der Waals surface area contributed by atoms with Crippen LogP contribution in [0.5, 0.6) is 0 Å². The van der Waals surface area contributed by atoms with Crippen LogP contribution >= 0.6 is 11.5 Å². The summed E-state index contributed by atoms with van der Waals surface area (Å²) in [6, 6.07) is 4.42. The van der Waals surface area contributed by atoms with E-state index in [2.05, 4.69) is 35.0 Å². The number of aromatic nitrogens is 2. The minimum absolute atomic E-state index is 0.433. The van der Waals surface area contributed by atoms with Crippen LogP contribution in [-0.2, 0) is 0 Å². The van der Waals surface area contributed by atoms with Gasteiger partial charge in [0.25, 0.3) is 0 Å². The first-order valence-corrected chi connectivity index (χ1v) is 8.34. The quantitative estimate of drug-likeness (QED) is 0.779. The second kappa shape index (κ2) is 7.41. The maximum absolute atomic E-state index is 6.12. The molecule has 5 heteroatoms.